The molecule has 0 aliphatic heterocycles. The summed E-state index contributed by atoms with van der Waals surface area (Å²) in [7, 11) is 0. The Labute approximate surface area is 181 Å². The Hall–Kier alpha value is -3.82. The Morgan fingerprint density at radius 2 is 1.42 bits per heavy atom. The molecule has 3 aromatic rings. The van der Waals surface area contributed by atoms with Crippen LogP contribution in [0.25, 0.3) is 0 Å². The average Bonchev–Trinajstić information content (AvgIpc) is 3.42. The predicted molar refractivity (Wildman–Crippen MR) is 119 cm³/mol. The van der Waals surface area contributed by atoms with Crippen LogP contribution in [0.15, 0.2) is 43.0 Å². The largest absolute Gasteiger partial charge is 0.334 e. The van der Waals surface area contributed by atoms with Crippen LogP contribution in [0.2, 0.25) is 0 Å². The lowest BCUT2D eigenvalue weighted by Gasteiger charge is -2.12. The fourth-order valence-electron chi connectivity index (χ4n) is 2.88. The molecule has 0 aliphatic carbocycles. The van der Waals surface area contributed by atoms with Gasteiger partial charge in [-0.05, 0) is 38.5 Å². The maximum Gasteiger partial charge on any atom is 0.319 e. The molecule has 0 unspecified atom stereocenters. The van der Waals surface area contributed by atoms with Crippen LogP contribution in [0.3, 0.4) is 0 Å². The second-order valence-electron chi connectivity index (χ2n) is 7.05. The number of benzene rings is 1. The number of nitrogens with zero attached hydrogens (tertiary/aromatic N) is 4. The van der Waals surface area contributed by atoms with E-state index in [0.29, 0.717) is 24.5 Å². The highest BCUT2D eigenvalue weighted by atomic mass is 16.2. The van der Waals surface area contributed by atoms with Crippen LogP contribution in [0, 0.1) is 6.92 Å². The molecule has 0 saturated carbocycles. The number of urea groups is 2. The van der Waals surface area contributed by atoms with Crippen LogP contribution in [-0.4, -0.2) is 31.6 Å². The van der Waals surface area contributed by atoms with Gasteiger partial charge in [0.1, 0.15) is 0 Å². The van der Waals surface area contributed by atoms with Gasteiger partial charge < -0.3 is 21.3 Å². The van der Waals surface area contributed by atoms with E-state index < -0.39 is 0 Å². The van der Waals surface area contributed by atoms with Gasteiger partial charge in [-0.15, -0.1) is 0 Å². The first-order chi connectivity index (χ1) is 15.0. The lowest BCUT2D eigenvalue weighted by Crippen LogP contribution is -2.29. The molecule has 0 spiro atoms. The first-order valence-corrected chi connectivity index (χ1v) is 10.2. The zero-order chi connectivity index (χ0) is 22.2. The van der Waals surface area contributed by atoms with Crippen LogP contribution in [0.5, 0.6) is 0 Å². The Morgan fingerprint density at radius 1 is 0.871 bits per heavy atom. The number of aromatic nitrogens is 4. The summed E-state index contributed by atoms with van der Waals surface area (Å²) >= 11 is 0. The van der Waals surface area contributed by atoms with Crippen molar-refractivity contribution in [2.75, 3.05) is 10.6 Å². The predicted octanol–water partition coefficient (Wildman–Crippen LogP) is 3.07. The quantitative estimate of drug-likeness (QED) is 0.444. The molecule has 10 nitrogen and oxygen atoms in total. The van der Waals surface area contributed by atoms with E-state index in [0.717, 1.165) is 29.8 Å². The maximum absolute atomic E-state index is 12.3. The molecular formula is C21H28N8O2. The van der Waals surface area contributed by atoms with E-state index in [4.69, 9.17) is 0 Å². The Kier molecular flexibility index (Phi) is 7.26. The minimum absolute atomic E-state index is 0.332. The normalized spacial score (nSPS) is 10.5. The second kappa shape index (κ2) is 10.3. The van der Waals surface area contributed by atoms with Crippen molar-refractivity contribution in [2.24, 2.45) is 0 Å². The highest BCUT2D eigenvalue weighted by molar-refractivity contribution is 5.93. The van der Waals surface area contributed by atoms with E-state index in [9.17, 15) is 9.59 Å². The average molecular weight is 425 g/mol. The fourth-order valence-corrected chi connectivity index (χ4v) is 2.88. The summed E-state index contributed by atoms with van der Waals surface area (Å²) in [5.41, 5.74) is 3.91. The molecule has 3 rings (SSSR count). The van der Waals surface area contributed by atoms with Gasteiger partial charge in [0, 0.05) is 61.1 Å². The summed E-state index contributed by atoms with van der Waals surface area (Å²) in [4.78, 5) is 24.5. The van der Waals surface area contributed by atoms with Crippen molar-refractivity contribution in [1.82, 2.24) is 30.2 Å². The van der Waals surface area contributed by atoms with Crippen LogP contribution in [0.4, 0.5) is 21.0 Å². The van der Waals surface area contributed by atoms with Crippen molar-refractivity contribution >= 4 is 23.4 Å². The van der Waals surface area contributed by atoms with Gasteiger partial charge in [-0.25, -0.2) is 9.59 Å². The van der Waals surface area contributed by atoms with E-state index in [2.05, 4.69) is 31.5 Å². The highest BCUT2D eigenvalue weighted by Gasteiger charge is 2.09. The Morgan fingerprint density at radius 3 is 1.94 bits per heavy atom. The van der Waals surface area contributed by atoms with Crippen LogP contribution < -0.4 is 21.3 Å². The van der Waals surface area contributed by atoms with Gasteiger partial charge in [0.25, 0.3) is 0 Å². The highest BCUT2D eigenvalue weighted by Crippen LogP contribution is 2.20. The summed E-state index contributed by atoms with van der Waals surface area (Å²) < 4.78 is 3.60. The smallest absolute Gasteiger partial charge is 0.319 e. The van der Waals surface area contributed by atoms with Gasteiger partial charge in [0.05, 0.1) is 12.4 Å². The fraction of sp³-hybridized carbons (Fsp3) is 0.333. The topological polar surface area (TPSA) is 118 Å². The van der Waals surface area contributed by atoms with E-state index in [1.54, 1.807) is 33.9 Å². The zero-order valence-corrected chi connectivity index (χ0v) is 18.0. The standard InChI is InChI=1S/C21H28N8O2/c1-4-28-13-16(11-24-28)9-22-20(30)26-18-7-6-15(3)19(8-18)27-21(31)23-10-17-12-25-29(5-2)14-17/h6-8,11-14H,4-5,9-10H2,1-3H3,(H2,22,26,30)(H2,23,27,31). The number of carbonyl (C=O) groups is 2. The van der Waals surface area contributed by atoms with Gasteiger partial charge in [0.2, 0.25) is 0 Å². The summed E-state index contributed by atoms with van der Waals surface area (Å²) in [5.74, 6) is 0. The monoisotopic (exact) mass is 424 g/mol. The molecule has 2 aromatic heterocycles. The minimum atomic E-state index is -0.337. The minimum Gasteiger partial charge on any atom is -0.334 e. The Bertz CT molecular complexity index is 1040. The lowest BCUT2D eigenvalue weighted by molar-refractivity contribution is 0.251. The number of amides is 4. The number of anilines is 2. The van der Waals surface area contributed by atoms with Gasteiger partial charge in [-0.3, -0.25) is 9.36 Å². The van der Waals surface area contributed by atoms with Crippen LogP contribution in [-0.2, 0) is 26.2 Å². The van der Waals surface area contributed by atoms with E-state index in [1.165, 1.54) is 0 Å². The molecular weight excluding hydrogens is 396 g/mol. The number of hydrogen-bond acceptors (Lipinski definition) is 4. The molecule has 10 heteroatoms. The van der Waals surface area contributed by atoms with Gasteiger partial charge in [0.15, 0.2) is 0 Å². The molecule has 0 bridgehead atoms. The van der Waals surface area contributed by atoms with Gasteiger partial charge >= 0.3 is 12.1 Å². The number of carbonyl (C=O) groups excluding carboxylic acids is 2. The van der Waals surface area contributed by atoms with Crippen LogP contribution >= 0.6 is 0 Å². The number of aryl methyl sites for hydroxylation is 3. The summed E-state index contributed by atoms with van der Waals surface area (Å²) in [6, 6.07) is 4.67. The molecule has 0 saturated heterocycles. The number of hydrogen-bond donors (Lipinski definition) is 4. The first-order valence-electron chi connectivity index (χ1n) is 10.2. The maximum atomic E-state index is 12.3. The Balaban J connectivity index is 1.51. The van der Waals surface area contributed by atoms with Crippen molar-refractivity contribution in [3.05, 3.63) is 59.7 Å². The first kappa shape index (κ1) is 21.9. The summed E-state index contributed by atoms with van der Waals surface area (Å²) in [6.07, 6.45) is 7.23. The third kappa shape index (κ3) is 6.33. The molecule has 4 N–H and O–H groups in total. The molecule has 164 valence electrons. The third-order valence-electron chi connectivity index (χ3n) is 4.67. The molecule has 4 amide bonds. The van der Waals surface area contributed by atoms with Crippen molar-refractivity contribution in [3.63, 3.8) is 0 Å². The van der Waals surface area contributed by atoms with E-state index in [-0.39, 0.29) is 12.1 Å². The van der Waals surface area contributed by atoms with Crippen molar-refractivity contribution in [3.8, 4) is 0 Å². The van der Waals surface area contributed by atoms with Crippen LogP contribution in [0.1, 0.15) is 30.5 Å². The molecule has 2 heterocycles. The molecule has 1 aromatic carbocycles. The summed E-state index contributed by atoms with van der Waals surface area (Å²) in [5, 5.41) is 19.6. The van der Waals surface area contributed by atoms with Crippen molar-refractivity contribution in [1.29, 1.82) is 0 Å². The summed E-state index contributed by atoms with van der Waals surface area (Å²) in [6.45, 7) is 8.19. The lowest BCUT2D eigenvalue weighted by atomic mass is 10.2. The molecule has 0 aliphatic rings. The molecule has 0 fully saturated rings. The number of nitrogens with one attached hydrogen (secondary N) is 4. The van der Waals surface area contributed by atoms with E-state index in [1.807, 2.05) is 39.2 Å². The van der Waals surface area contributed by atoms with Crippen molar-refractivity contribution in [2.45, 2.75) is 47.0 Å². The third-order valence-corrected chi connectivity index (χ3v) is 4.67. The van der Waals surface area contributed by atoms with E-state index >= 15 is 0 Å². The van der Waals surface area contributed by atoms with Gasteiger partial charge in [-0.2, -0.15) is 10.2 Å². The second-order valence-corrected chi connectivity index (χ2v) is 7.05. The molecule has 0 atom stereocenters. The number of rotatable bonds is 8. The molecule has 0 radical (unpaired) electrons. The zero-order valence-electron chi connectivity index (χ0n) is 18.0. The molecule has 31 heavy (non-hydrogen) atoms. The van der Waals surface area contributed by atoms with Crippen molar-refractivity contribution < 1.29 is 9.59 Å². The SMILES string of the molecule is CCn1cc(CNC(=O)Nc2ccc(C)c(NC(=O)NCc3cnn(CC)c3)c2)cn1. The van der Waals surface area contributed by atoms with Gasteiger partial charge in [-0.1, -0.05) is 6.07 Å².